The first-order valence-corrected chi connectivity index (χ1v) is 13.9. The highest BCUT2D eigenvalue weighted by atomic mass is 16.6. The van der Waals surface area contributed by atoms with Gasteiger partial charge in [-0.15, -0.1) is 6.58 Å². The first-order chi connectivity index (χ1) is 17.0. The van der Waals surface area contributed by atoms with E-state index in [1.165, 1.54) is 13.0 Å². The summed E-state index contributed by atoms with van der Waals surface area (Å²) in [6.07, 6.45) is 1.74. The summed E-state index contributed by atoms with van der Waals surface area (Å²) in [6, 6.07) is 0.430. The molecule has 2 saturated carbocycles. The van der Waals surface area contributed by atoms with Crippen molar-refractivity contribution < 1.29 is 34.4 Å². The van der Waals surface area contributed by atoms with E-state index in [-0.39, 0.29) is 25.0 Å². The number of fused-ring (bicyclic) bond motifs is 3. The zero-order chi connectivity index (χ0) is 27.8. The molecule has 2 saturated heterocycles. The van der Waals surface area contributed by atoms with Gasteiger partial charge in [0.2, 0.25) is 0 Å². The van der Waals surface area contributed by atoms with Crippen molar-refractivity contribution in [1.29, 1.82) is 0 Å². The average Bonchev–Trinajstić information content (AvgIpc) is 2.80. The van der Waals surface area contributed by atoms with Gasteiger partial charge in [0, 0.05) is 29.8 Å². The largest absolute Gasteiger partial charge is 0.455 e. The first kappa shape index (κ1) is 28.7. The predicted octanol–water partition coefficient (Wildman–Crippen LogP) is 2.76. The number of carbonyl (C=O) groups excluding carboxylic acids is 2. The Bertz CT molecular complexity index is 943. The maximum atomic E-state index is 14.0. The number of carbonyl (C=O) groups is 2. The summed E-state index contributed by atoms with van der Waals surface area (Å²) in [5, 5.41) is 35.9. The number of esters is 1. The van der Waals surface area contributed by atoms with Crippen molar-refractivity contribution in [2.45, 2.75) is 134 Å². The summed E-state index contributed by atoms with van der Waals surface area (Å²) in [6.45, 7) is 16.9. The lowest BCUT2D eigenvalue weighted by Crippen LogP contribution is -2.86. The molecule has 0 aromatic carbocycles. The molecular formula is C29H47NO7. The quantitative estimate of drug-likeness (QED) is 0.382. The minimum atomic E-state index is -2.21. The van der Waals surface area contributed by atoms with Crippen molar-refractivity contribution in [3.05, 3.63) is 12.7 Å². The zero-order valence-corrected chi connectivity index (χ0v) is 23.6. The average molecular weight is 522 g/mol. The van der Waals surface area contributed by atoms with E-state index < -0.39 is 63.6 Å². The van der Waals surface area contributed by atoms with Gasteiger partial charge >= 0.3 is 5.97 Å². The number of aliphatic hydroxyl groups excluding tert-OH is 2. The van der Waals surface area contributed by atoms with E-state index in [1.807, 2.05) is 13.8 Å². The van der Waals surface area contributed by atoms with E-state index >= 15 is 0 Å². The van der Waals surface area contributed by atoms with Crippen LogP contribution in [0.4, 0.5) is 0 Å². The van der Waals surface area contributed by atoms with Crippen molar-refractivity contribution in [1.82, 2.24) is 4.90 Å². The maximum absolute atomic E-state index is 14.0. The Morgan fingerprint density at radius 1 is 1.14 bits per heavy atom. The Balaban J connectivity index is 1.80. The number of rotatable bonds is 4. The molecule has 0 amide bonds. The summed E-state index contributed by atoms with van der Waals surface area (Å²) in [4.78, 5) is 29.5. The molecule has 4 aliphatic rings. The van der Waals surface area contributed by atoms with Gasteiger partial charge in [-0.2, -0.15) is 0 Å². The summed E-state index contributed by atoms with van der Waals surface area (Å²) >= 11 is 0. The van der Waals surface area contributed by atoms with Crippen LogP contribution >= 0.6 is 0 Å². The van der Waals surface area contributed by atoms with Gasteiger partial charge in [-0.25, -0.2) is 0 Å². The number of ketones is 1. The monoisotopic (exact) mass is 521 g/mol. The number of hydrogen-bond acceptors (Lipinski definition) is 8. The Morgan fingerprint density at radius 2 is 1.73 bits per heavy atom. The van der Waals surface area contributed by atoms with Crippen molar-refractivity contribution in [2.24, 2.45) is 16.7 Å². The van der Waals surface area contributed by atoms with Crippen LogP contribution < -0.4 is 0 Å². The van der Waals surface area contributed by atoms with Crippen molar-refractivity contribution in [3.8, 4) is 0 Å². The third-order valence-corrected chi connectivity index (χ3v) is 10.7. The minimum absolute atomic E-state index is 0.0423. The third-order valence-electron chi connectivity index (χ3n) is 10.7. The van der Waals surface area contributed by atoms with Crippen molar-refractivity contribution in [2.75, 3.05) is 6.54 Å². The van der Waals surface area contributed by atoms with Crippen molar-refractivity contribution in [3.63, 3.8) is 0 Å². The van der Waals surface area contributed by atoms with Gasteiger partial charge in [0.15, 0.2) is 17.5 Å². The molecule has 3 N–H and O–H groups in total. The second-order valence-corrected chi connectivity index (χ2v) is 13.5. The molecule has 0 spiro atoms. The van der Waals surface area contributed by atoms with Gasteiger partial charge in [0.25, 0.3) is 0 Å². The smallest absolute Gasteiger partial charge is 0.320 e. The summed E-state index contributed by atoms with van der Waals surface area (Å²) in [5.41, 5.74) is -7.15. The second kappa shape index (κ2) is 9.12. The van der Waals surface area contributed by atoms with Gasteiger partial charge in [0.1, 0.15) is 5.60 Å². The molecule has 2 aliphatic heterocycles. The molecule has 0 aromatic heterocycles. The minimum Gasteiger partial charge on any atom is -0.455 e. The number of piperidine rings is 1. The van der Waals surface area contributed by atoms with Gasteiger partial charge in [-0.1, -0.05) is 33.3 Å². The van der Waals surface area contributed by atoms with E-state index in [4.69, 9.17) is 9.47 Å². The molecule has 2 aliphatic carbocycles. The Labute approximate surface area is 221 Å². The molecule has 8 nitrogen and oxygen atoms in total. The molecule has 0 aromatic rings. The van der Waals surface area contributed by atoms with Gasteiger partial charge in [0.05, 0.1) is 24.4 Å². The molecule has 210 valence electrons. The van der Waals surface area contributed by atoms with Crippen LogP contribution in [-0.2, 0) is 19.1 Å². The lowest BCUT2D eigenvalue weighted by Gasteiger charge is -2.71. The molecule has 4 rings (SSSR count). The lowest BCUT2D eigenvalue weighted by atomic mass is 9.40. The fourth-order valence-electron chi connectivity index (χ4n) is 8.59. The molecule has 4 fully saturated rings. The normalized spacial score (nSPS) is 50.1. The van der Waals surface area contributed by atoms with Gasteiger partial charge in [-0.3, -0.25) is 14.5 Å². The first-order valence-electron chi connectivity index (χ1n) is 13.9. The van der Waals surface area contributed by atoms with Crippen LogP contribution in [0.2, 0.25) is 0 Å². The SMILES string of the molecule is C=C[C@@]1(C)CC(=O)[C@]2(O)C3(C)C(C(O)C(OC(=O)CN4C(C)CCCC4C)[C@@]2(C)O1)C(C)(C)CC[C@@H]3O. The summed E-state index contributed by atoms with van der Waals surface area (Å²) < 4.78 is 12.5. The summed E-state index contributed by atoms with van der Waals surface area (Å²) in [5.74, 6) is -1.76. The van der Waals surface area contributed by atoms with Crippen LogP contribution in [-0.4, -0.2) is 85.7 Å². The van der Waals surface area contributed by atoms with Gasteiger partial charge < -0.3 is 24.8 Å². The molecule has 6 unspecified atom stereocenters. The maximum Gasteiger partial charge on any atom is 0.320 e. The second-order valence-electron chi connectivity index (χ2n) is 13.5. The van der Waals surface area contributed by atoms with E-state index in [2.05, 4.69) is 25.3 Å². The highest BCUT2D eigenvalue weighted by Gasteiger charge is 2.81. The predicted molar refractivity (Wildman–Crippen MR) is 139 cm³/mol. The number of hydrogen-bond donors (Lipinski definition) is 3. The molecule has 37 heavy (non-hydrogen) atoms. The molecule has 2 heterocycles. The number of Topliss-reactive ketones (excluding diaryl/α,β-unsaturated/α-hetero) is 1. The lowest BCUT2D eigenvalue weighted by molar-refractivity contribution is -0.370. The molecule has 10 atom stereocenters. The van der Waals surface area contributed by atoms with Crippen LogP contribution in [0.1, 0.15) is 87.0 Å². The van der Waals surface area contributed by atoms with E-state index in [1.54, 1.807) is 13.8 Å². The number of ether oxygens (including phenoxy) is 2. The Kier molecular flexibility index (Phi) is 7.07. The number of nitrogens with zero attached hydrogens (tertiary/aromatic N) is 1. The Hall–Kier alpha value is -1.32. The molecular weight excluding hydrogens is 474 g/mol. The van der Waals surface area contributed by atoms with Crippen LogP contribution in [0, 0.1) is 16.7 Å². The van der Waals surface area contributed by atoms with E-state index in [0.717, 1.165) is 19.3 Å². The van der Waals surface area contributed by atoms with Crippen LogP contribution in [0.3, 0.4) is 0 Å². The van der Waals surface area contributed by atoms with Gasteiger partial charge in [-0.05, 0) is 58.8 Å². The number of likely N-dealkylation sites (tertiary alicyclic amines) is 1. The fraction of sp³-hybridized carbons (Fsp3) is 0.862. The third kappa shape index (κ3) is 3.96. The number of aliphatic hydroxyl groups is 3. The zero-order valence-electron chi connectivity index (χ0n) is 23.6. The van der Waals surface area contributed by atoms with Crippen molar-refractivity contribution >= 4 is 11.8 Å². The van der Waals surface area contributed by atoms with E-state index in [9.17, 15) is 24.9 Å². The highest BCUT2D eigenvalue weighted by molar-refractivity contribution is 5.92. The van der Waals surface area contributed by atoms with Crippen LogP contribution in [0.15, 0.2) is 12.7 Å². The topological polar surface area (TPSA) is 117 Å². The van der Waals surface area contributed by atoms with E-state index in [0.29, 0.717) is 12.8 Å². The highest BCUT2D eigenvalue weighted by Crippen LogP contribution is 2.67. The summed E-state index contributed by atoms with van der Waals surface area (Å²) in [7, 11) is 0. The Morgan fingerprint density at radius 3 is 2.30 bits per heavy atom. The fourth-order valence-corrected chi connectivity index (χ4v) is 8.59. The standard InChI is InChI=1S/C29H47NO7/c1-9-26(6)15-20(32)29(35)27(7)19(31)13-14-25(4,5)23(27)22(34)24(28(29,8)37-26)36-21(33)16-30-17(2)11-10-12-18(30)3/h9,17-19,22-24,31,34-35H,1,10-16H2,2-8H3/t17?,18?,19-,22?,23?,24?,26-,27?,28+,29-/m0/s1. The molecule has 0 bridgehead atoms. The molecule has 8 heteroatoms. The molecule has 0 radical (unpaired) electrons. The van der Waals surface area contributed by atoms with Crippen LogP contribution in [0.5, 0.6) is 0 Å². The van der Waals surface area contributed by atoms with Crippen LogP contribution in [0.25, 0.3) is 0 Å².